The van der Waals surface area contributed by atoms with E-state index in [1.54, 1.807) is 0 Å². The van der Waals surface area contributed by atoms with Gasteiger partial charge in [-0.1, -0.05) is 61.2 Å². The second-order valence-corrected chi connectivity index (χ2v) is 4.35. The second-order valence-electron chi connectivity index (χ2n) is 4.35. The summed E-state index contributed by atoms with van der Waals surface area (Å²) < 4.78 is 5.75. The SMILES string of the molecule is C=Cc1ccccc1C=Cc1cc2ccccc2o1. The Kier molecular flexibility index (Phi) is 3.03. The van der Waals surface area contributed by atoms with Gasteiger partial charge in [-0.3, -0.25) is 0 Å². The molecule has 0 spiro atoms. The fourth-order valence-corrected chi connectivity index (χ4v) is 2.11. The number of benzene rings is 2. The number of hydrogen-bond donors (Lipinski definition) is 0. The van der Waals surface area contributed by atoms with Gasteiger partial charge >= 0.3 is 0 Å². The van der Waals surface area contributed by atoms with E-state index in [4.69, 9.17) is 4.42 Å². The van der Waals surface area contributed by atoms with E-state index in [0.29, 0.717) is 0 Å². The predicted octanol–water partition coefficient (Wildman–Crippen LogP) is 5.25. The lowest BCUT2D eigenvalue weighted by Gasteiger charge is -1.98. The molecule has 0 amide bonds. The van der Waals surface area contributed by atoms with Crippen LogP contribution in [0.2, 0.25) is 0 Å². The molecule has 1 heterocycles. The lowest BCUT2D eigenvalue weighted by molar-refractivity contribution is 0.604. The number of furan rings is 1. The second kappa shape index (κ2) is 4.99. The first-order chi connectivity index (χ1) is 9.36. The van der Waals surface area contributed by atoms with Crippen molar-refractivity contribution in [2.75, 3.05) is 0 Å². The van der Waals surface area contributed by atoms with Crippen molar-refractivity contribution in [2.24, 2.45) is 0 Å². The summed E-state index contributed by atoms with van der Waals surface area (Å²) in [5.74, 6) is 0.861. The van der Waals surface area contributed by atoms with E-state index < -0.39 is 0 Å². The molecule has 0 unspecified atom stereocenters. The van der Waals surface area contributed by atoms with Crippen LogP contribution in [0.25, 0.3) is 29.2 Å². The molecule has 1 heteroatoms. The van der Waals surface area contributed by atoms with E-state index in [1.807, 2.05) is 60.7 Å². The van der Waals surface area contributed by atoms with Gasteiger partial charge in [-0.05, 0) is 29.3 Å². The summed E-state index contributed by atoms with van der Waals surface area (Å²) in [6.07, 6.45) is 5.90. The van der Waals surface area contributed by atoms with E-state index in [-0.39, 0.29) is 0 Å². The monoisotopic (exact) mass is 246 g/mol. The summed E-state index contributed by atoms with van der Waals surface area (Å²) in [5, 5.41) is 1.12. The highest BCUT2D eigenvalue weighted by Crippen LogP contribution is 2.21. The first-order valence-corrected chi connectivity index (χ1v) is 6.25. The molecule has 0 radical (unpaired) electrons. The zero-order chi connectivity index (χ0) is 13.1. The molecule has 0 bridgehead atoms. The fraction of sp³-hybridized carbons (Fsp3) is 0. The molecule has 0 saturated carbocycles. The number of para-hydroxylation sites is 1. The van der Waals surface area contributed by atoms with Gasteiger partial charge in [0.25, 0.3) is 0 Å². The Labute approximate surface area is 112 Å². The fourth-order valence-electron chi connectivity index (χ4n) is 2.11. The highest BCUT2D eigenvalue weighted by atomic mass is 16.3. The summed E-state index contributed by atoms with van der Waals surface area (Å²) >= 11 is 0. The molecule has 92 valence electrons. The number of hydrogen-bond acceptors (Lipinski definition) is 1. The number of rotatable bonds is 3. The standard InChI is InChI=1S/C18H14O/c1-2-14-7-3-4-8-15(14)11-12-17-13-16-9-5-6-10-18(16)19-17/h2-13H,1H2. The highest BCUT2D eigenvalue weighted by Gasteiger charge is 1.99. The van der Waals surface area contributed by atoms with Crippen LogP contribution in [-0.2, 0) is 0 Å². The van der Waals surface area contributed by atoms with Crippen molar-refractivity contribution < 1.29 is 4.42 Å². The third-order valence-corrected chi connectivity index (χ3v) is 3.09. The van der Waals surface area contributed by atoms with Crippen molar-refractivity contribution in [3.63, 3.8) is 0 Å². The molecular formula is C18H14O. The molecule has 19 heavy (non-hydrogen) atoms. The first-order valence-electron chi connectivity index (χ1n) is 6.25. The molecule has 2 aromatic carbocycles. The van der Waals surface area contributed by atoms with Gasteiger partial charge in [0.2, 0.25) is 0 Å². The maximum atomic E-state index is 5.75. The number of fused-ring (bicyclic) bond motifs is 1. The van der Waals surface area contributed by atoms with Gasteiger partial charge in [0.05, 0.1) is 0 Å². The zero-order valence-electron chi connectivity index (χ0n) is 10.5. The van der Waals surface area contributed by atoms with E-state index in [1.165, 1.54) is 0 Å². The normalized spacial score (nSPS) is 11.2. The minimum atomic E-state index is 0.861. The Morgan fingerprint density at radius 2 is 1.58 bits per heavy atom. The minimum Gasteiger partial charge on any atom is -0.457 e. The summed E-state index contributed by atoms with van der Waals surface area (Å²) in [4.78, 5) is 0. The Morgan fingerprint density at radius 1 is 0.842 bits per heavy atom. The van der Waals surface area contributed by atoms with Crippen molar-refractivity contribution in [3.05, 3.63) is 78.1 Å². The largest absolute Gasteiger partial charge is 0.457 e. The third-order valence-electron chi connectivity index (χ3n) is 3.09. The Bertz CT molecular complexity index is 714. The first kappa shape index (κ1) is 11.5. The maximum Gasteiger partial charge on any atom is 0.134 e. The smallest absolute Gasteiger partial charge is 0.134 e. The van der Waals surface area contributed by atoms with E-state index in [0.717, 1.165) is 27.9 Å². The molecular weight excluding hydrogens is 232 g/mol. The minimum absolute atomic E-state index is 0.861. The van der Waals surface area contributed by atoms with E-state index in [9.17, 15) is 0 Å². The van der Waals surface area contributed by atoms with Crippen molar-refractivity contribution in [1.29, 1.82) is 0 Å². The van der Waals surface area contributed by atoms with Crippen LogP contribution in [0.1, 0.15) is 16.9 Å². The molecule has 0 aliphatic rings. The summed E-state index contributed by atoms with van der Waals surface area (Å²) in [6, 6.07) is 18.2. The summed E-state index contributed by atoms with van der Waals surface area (Å²) in [6.45, 7) is 3.82. The molecule has 0 aliphatic heterocycles. The lowest BCUT2D eigenvalue weighted by Crippen LogP contribution is -1.77. The van der Waals surface area contributed by atoms with Gasteiger partial charge in [0.1, 0.15) is 11.3 Å². The van der Waals surface area contributed by atoms with Crippen molar-refractivity contribution in [2.45, 2.75) is 0 Å². The average molecular weight is 246 g/mol. The van der Waals surface area contributed by atoms with E-state index >= 15 is 0 Å². The highest BCUT2D eigenvalue weighted by molar-refractivity contribution is 5.82. The van der Waals surface area contributed by atoms with Crippen molar-refractivity contribution >= 4 is 29.2 Å². The van der Waals surface area contributed by atoms with Crippen LogP contribution >= 0.6 is 0 Å². The van der Waals surface area contributed by atoms with Crippen LogP contribution in [0.3, 0.4) is 0 Å². The van der Waals surface area contributed by atoms with Crippen LogP contribution in [-0.4, -0.2) is 0 Å². The zero-order valence-corrected chi connectivity index (χ0v) is 10.5. The van der Waals surface area contributed by atoms with Gasteiger partial charge in [-0.2, -0.15) is 0 Å². The predicted molar refractivity (Wildman–Crippen MR) is 81.7 cm³/mol. The topological polar surface area (TPSA) is 13.1 Å². The van der Waals surface area contributed by atoms with Gasteiger partial charge in [-0.15, -0.1) is 0 Å². The average Bonchev–Trinajstić information content (AvgIpc) is 2.88. The van der Waals surface area contributed by atoms with Crippen LogP contribution < -0.4 is 0 Å². The summed E-state index contributed by atoms with van der Waals surface area (Å²) in [5.41, 5.74) is 3.17. The van der Waals surface area contributed by atoms with Crippen LogP contribution in [0.5, 0.6) is 0 Å². The van der Waals surface area contributed by atoms with Crippen molar-refractivity contribution in [1.82, 2.24) is 0 Å². The molecule has 0 atom stereocenters. The molecule has 1 aromatic heterocycles. The maximum absolute atomic E-state index is 5.75. The molecule has 0 fully saturated rings. The Balaban J connectivity index is 1.95. The molecule has 1 nitrogen and oxygen atoms in total. The summed E-state index contributed by atoms with van der Waals surface area (Å²) in [7, 11) is 0. The molecule has 0 saturated heterocycles. The van der Waals surface area contributed by atoms with Crippen LogP contribution in [0.15, 0.2) is 65.6 Å². The molecule has 0 aliphatic carbocycles. The Morgan fingerprint density at radius 3 is 2.37 bits per heavy atom. The van der Waals surface area contributed by atoms with Gasteiger partial charge in [-0.25, -0.2) is 0 Å². The van der Waals surface area contributed by atoms with Crippen LogP contribution in [0, 0.1) is 0 Å². The van der Waals surface area contributed by atoms with Crippen LogP contribution in [0.4, 0.5) is 0 Å². The van der Waals surface area contributed by atoms with E-state index in [2.05, 4.69) is 18.7 Å². The molecule has 3 aromatic rings. The Hall–Kier alpha value is -2.54. The quantitative estimate of drug-likeness (QED) is 0.615. The third kappa shape index (κ3) is 2.36. The van der Waals surface area contributed by atoms with Gasteiger partial charge in [0, 0.05) is 5.39 Å². The van der Waals surface area contributed by atoms with Crippen molar-refractivity contribution in [3.8, 4) is 0 Å². The molecule has 3 rings (SSSR count). The molecule has 0 N–H and O–H groups in total. The van der Waals surface area contributed by atoms with Gasteiger partial charge < -0.3 is 4.42 Å². The lowest BCUT2D eigenvalue weighted by atomic mass is 10.1. The van der Waals surface area contributed by atoms with Gasteiger partial charge in [0.15, 0.2) is 0 Å².